The molecule has 0 N–H and O–H groups in total. The van der Waals surface area contributed by atoms with E-state index >= 15 is 0 Å². The van der Waals surface area contributed by atoms with Crippen LogP contribution in [0.3, 0.4) is 0 Å². The van der Waals surface area contributed by atoms with Crippen LogP contribution in [0.5, 0.6) is 0 Å². The first-order valence-corrected chi connectivity index (χ1v) is 5.59. The molecule has 0 aromatic rings. The van der Waals surface area contributed by atoms with Crippen molar-refractivity contribution in [3.05, 3.63) is 0 Å². The highest BCUT2D eigenvalue weighted by molar-refractivity contribution is 6.06. The molecule has 94 valence electrons. The van der Waals surface area contributed by atoms with Crippen LogP contribution in [-0.2, 0) is 23.9 Å². The highest BCUT2D eigenvalue weighted by atomic mass is 16.6. The zero-order valence-electron chi connectivity index (χ0n) is 10.5. The molecule has 2 atom stereocenters. The van der Waals surface area contributed by atoms with E-state index in [2.05, 4.69) is 0 Å². The molecule has 0 radical (unpaired) electrons. The van der Waals surface area contributed by atoms with Crippen molar-refractivity contribution >= 4 is 17.7 Å². The van der Waals surface area contributed by atoms with Crippen molar-refractivity contribution in [1.29, 1.82) is 0 Å². The minimum atomic E-state index is -1.29. The van der Waals surface area contributed by atoms with Crippen LogP contribution < -0.4 is 0 Å². The second kappa shape index (κ2) is 3.09. The molecule has 0 bridgehead atoms. The van der Waals surface area contributed by atoms with Gasteiger partial charge < -0.3 is 9.47 Å². The maximum Gasteiger partial charge on any atom is 0.324 e. The van der Waals surface area contributed by atoms with Crippen LogP contribution in [0.2, 0.25) is 0 Å². The topological polar surface area (TPSA) is 69.7 Å². The zero-order valence-corrected chi connectivity index (χ0v) is 10.5. The van der Waals surface area contributed by atoms with Crippen LogP contribution in [0.4, 0.5) is 0 Å². The Morgan fingerprint density at radius 1 is 1.06 bits per heavy atom. The van der Waals surface area contributed by atoms with E-state index < -0.39 is 28.6 Å². The SMILES string of the molecule is CC(=O)C1(C)CC2(CC(C)(C)OC2=O)C(=O)O1. The molecular weight excluding hydrogens is 224 g/mol. The first-order valence-electron chi connectivity index (χ1n) is 5.59. The van der Waals surface area contributed by atoms with Crippen molar-refractivity contribution in [2.24, 2.45) is 5.41 Å². The van der Waals surface area contributed by atoms with E-state index in [9.17, 15) is 14.4 Å². The smallest absolute Gasteiger partial charge is 0.324 e. The van der Waals surface area contributed by atoms with Gasteiger partial charge in [-0.25, -0.2) is 0 Å². The fourth-order valence-electron chi connectivity index (χ4n) is 2.66. The van der Waals surface area contributed by atoms with Crippen LogP contribution >= 0.6 is 0 Å². The lowest BCUT2D eigenvalue weighted by atomic mass is 9.75. The van der Waals surface area contributed by atoms with Gasteiger partial charge in [0.1, 0.15) is 5.60 Å². The maximum absolute atomic E-state index is 11.9. The van der Waals surface area contributed by atoms with E-state index in [1.165, 1.54) is 6.92 Å². The molecule has 2 unspecified atom stereocenters. The molecule has 17 heavy (non-hydrogen) atoms. The Bertz CT molecular complexity index is 425. The Hall–Kier alpha value is -1.39. The summed E-state index contributed by atoms with van der Waals surface area (Å²) in [5, 5.41) is 0. The van der Waals surface area contributed by atoms with Gasteiger partial charge in [0.2, 0.25) is 0 Å². The Morgan fingerprint density at radius 2 is 1.59 bits per heavy atom. The van der Waals surface area contributed by atoms with Crippen molar-refractivity contribution < 1.29 is 23.9 Å². The summed E-state index contributed by atoms with van der Waals surface area (Å²) in [6.07, 6.45) is 0.344. The molecule has 5 nitrogen and oxygen atoms in total. The molecule has 2 fully saturated rings. The van der Waals surface area contributed by atoms with Crippen molar-refractivity contribution in [2.45, 2.75) is 51.7 Å². The van der Waals surface area contributed by atoms with E-state index in [1.807, 2.05) is 0 Å². The van der Waals surface area contributed by atoms with Crippen LogP contribution in [0.25, 0.3) is 0 Å². The Balaban J connectivity index is 2.39. The van der Waals surface area contributed by atoms with Gasteiger partial charge in [-0.1, -0.05) is 0 Å². The monoisotopic (exact) mass is 240 g/mol. The standard InChI is InChI=1S/C12H16O5/c1-7(13)11(4)6-12(9(15)17-11)5-10(2,3)16-8(12)14/h5-6H2,1-4H3. The third-order valence-corrected chi connectivity index (χ3v) is 3.58. The first-order chi connectivity index (χ1) is 7.61. The molecule has 0 saturated carbocycles. The van der Waals surface area contributed by atoms with Gasteiger partial charge in [0.25, 0.3) is 0 Å². The molecule has 5 heteroatoms. The molecule has 2 aliphatic rings. The van der Waals surface area contributed by atoms with E-state index in [0.717, 1.165) is 0 Å². The summed E-state index contributed by atoms with van der Waals surface area (Å²) in [6.45, 7) is 6.39. The van der Waals surface area contributed by atoms with Gasteiger partial charge in [-0.15, -0.1) is 0 Å². The Morgan fingerprint density at radius 3 is 1.94 bits per heavy atom. The summed E-state index contributed by atoms with van der Waals surface area (Å²) in [5.74, 6) is -1.46. The van der Waals surface area contributed by atoms with Gasteiger partial charge in [0.05, 0.1) is 0 Å². The number of ether oxygens (including phenoxy) is 2. The van der Waals surface area contributed by atoms with Gasteiger partial charge in [-0.2, -0.15) is 0 Å². The lowest BCUT2D eigenvalue weighted by Gasteiger charge is -2.19. The van der Waals surface area contributed by atoms with Crippen molar-refractivity contribution in [3.63, 3.8) is 0 Å². The second-order valence-corrected chi connectivity index (χ2v) is 5.76. The largest absolute Gasteiger partial charge is 0.459 e. The fourth-order valence-corrected chi connectivity index (χ4v) is 2.66. The molecule has 2 saturated heterocycles. The molecule has 0 amide bonds. The predicted molar refractivity (Wildman–Crippen MR) is 57.0 cm³/mol. The third-order valence-electron chi connectivity index (χ3n) is 3.58. The number of cyclic esters (lactones) is 2. The minimum Gasteiger partial charge on any atom is -0.459 e. The lowest BCUT2D eigenvalue weighted by molar-refractivity contribution is -0.163. The molecule has 0 aromatic carbocycles. The van der Waals surface area contributed by atoms with Crippen LogP contribution in [-0.4, -0.2) is 28.9 Å². The Labute approximate surface area is 99.5 Å². The van der Waals surface area contributed by atoms with E-state index in [-0.39, 0.29) is 18.6 Å². The third kappa shape index (κ3) is 1.56. The first kappa shape index (κ1) is 12.1. The summed E-state index contributed by atoms with van der Waals surface area (Å²) >= 11 is 0. The number of hydrogen-bond acceptors (Lipinski definition) is 5. The molecule has 0 aliphatic carbocycles. The molecule has 0 aromatic heterocycles. The van der Waals surface area contributed by atoms with Crippen molar-refractivity contribution in [2.75, 3.05) is 0 Å². The summed E-state index contributed by atoms with van der Waals surface area (Å²) in [4.78, 5) is 35.3. The van der Waals surface area contributed by atoms with Crippen LogP contribution in [0.1, 0.15) is 40.5 Å². The number of esters is 2. The normalized spacial score (nSPS) is 39.3. The number of hydrogen-bond donors (Lipinski definition) is 0. The van der Waals surface area contributed by atoms with Crippen LogP contribution in [0, 0.1) is 5.41 Å². The molecule has 2 heterocycles. The Kier molecular flexibility index (Phi) is 2.19. The highest BCUT2D eigenvalue weighted by Crippen LogP contribution is 2.51. The molecule has 2 aliphatic heterocycles. The van der Waals surface area contributed by atoms with Gasteiger partial charge >= 0.3 is 11.9 Å². The van der Waals surface area contributed by atoms with Gasteiger partial charge in [0, 0.05) is 12.8 Å². The summed E-state index contributed by atoms with van der Waals surface area (Å²) in [5.41, 5.74) is -3.17. The van der Waals surface area contributed by atoms with Crippen molar-refractivity contribution in [3.8, 4) is 0 Å². The summed E-state index contributed by atoms with van der Waals surface area (Å²) < 4.78 is 10.3. The van der Waals surface area contributed by atoms with Gasteiger partial charge in [0.15, 0.2) is 16.8 Å². The van der Waals surface area contributed by atoms with Gasteiger partial charge in [-0.3, -0.25) is 14.4 Å². The summed E-state index contributed by atoms with van der Waals surface area (Å²) in [6, 6.07) is 0. The highest BCUT2D eigenvalue weighted by Gasteiger charge is 2.67. The number of carbonyl (C=O) groups is 3. The number of ketones is 1. The number of rotatable bonds is 1. The molecule has 1 spiro atoms. The van der Waals surface area contributed by atoms with E-state index in [4.69, 9.17) is 9.47 Å². The second-order valence-electron chi connectivity index (χ2n) is 5.76. The van der Waals surface area contributed by atoms with Crippen LogP contribution in [0.15, 0.2) is 0 Å². The zero-order chi connectivity index (χ0) is 13.1. The maximum atomic E-state index is 11.9. The fraction of sp³-hybridized carbons (Fsp3) is 0.750. The number of Topliss-reactive ketones (excluding diaryl/α,β-unsaturated/α-hetero) is 1. The molecule has 2 rings (SSSR count). The summed E-state index contributed by atoms with van der Waals surface area (Å²) in [7, 11) is 0. The van der Waals surface area contributed by atoms with E-state index in [0.29, 0.717) is 0 Å². The van der Waals surface area contributed by atoms with Crippen molar-refractivity contribution in [1.82, 2.24) is 0 Å². The average Bonchev–Trinajstić information content (AvgIpc) is 2.50. The lowest BCUT2D eigenvalue weighted by Crippen LogP contribution is -2.35. The molecular formula is C12H16O5. The average molecular weight is 240 g/mol. The number of carbonyl (C=O) groups excluding carboxylic acids is 3. The quantitative estimate of drug-likeness (QED) is 0.505. The predicted octanol–water partition coefficient (Wildman–Crippen LogP) is 0.993. The van der Waals surface area contributed by atoms with Gasteiger partial charge in [-0.05, 0) is 27.7 Å². The minimum absolute atomic E-state index is 0.0798. The van der Waals surface area contributed by atoms with E-state index in [1.54, 1.807) is 20.8 Å².